The number of carbonyl (C=O) groups excluding carboxylic acids is 1. The van der Waals surface area contributed by atoms with Gasteiger partial charge in [-0.15, -0.1) is 0 Å². The van der Waals surface area contributed by atoms with Crippen LogP contribution in [0.25, 0.3) is 21.9 Å². The van der Waals surface area contributed by atoms with Crippen LogP contribution in [-0.4, -0.2) is 26.0 Å². The van der Waals surface area contributed by atoms with Gasteiger partial charge in [-0.1, -0.05) is 38.0 Å². The Labute approximate surface area is 192 Å². The highest BCUT2D eigenvalue weighted by molar-refractivity contribution is 7.93. The van der Waals surface area contributed by atoms with Gasteiger partial charge in [0.25, 0.3) is 10.0 Å². The fourth-order valence-corrected chi connectivity index (χ4v) is 5.11. The average Bonchev–Trinajstić information content (AvgIpc) is 3.10. The molecule has 2 aromatic heterocycles. The van der Waals surface area contributed by atoms with E-state index in [2.05, 4.69) is 16.6 Å². The number of ether oxygens (including phenoxy) is 1. The summed E-state index contributed by atoms with van der Waals surface area (Å²) in [6.07, 6.45) is 4.36. The van der Waals surface area contributed by atoms with Crippen molar-refractivity contribution in [3.05, 3.63) is 65.5 Å². The fraction of sp³-hybridized carbons (Fsp3) is 0.280. The van der Waals surface area contributed by atoms with Crippen molar-refractivity contribution in [1.82, 2.24) is 4.98 Å². The van der Waals surface area contributed by atoms with E-state index in [0.717, 1.165) is 24.6 Å². The number of pyridine rings is 1. The highest BCUT2D eigenvalue weighted by Gasteiger charge is 2.23. The van der Waals surface area contributed by atoms with Gasteiger partial charge in [0.1, 0.15) is 21.8 Å². The third kappa shape index (κ3) is 4.57. The minimum Gasteiger partial charge on any atom is -0.462 e. The van der Waals surface area contributed by atoms with Crippen molar-refractivity contribution in [1.29, 1.82) is 0 Å². The van der Waals surface area contributed by atoms with E-state index in [1.165, 1.54) is 6.07 Å². The van der Waals surface area contributed by atoms with Crippen molar-refractivity contribution in [3.8, 4) is 0 Å². The Morgan fingerprint density at radius 1 is 1.12 bits per heavy atom. The summed E-state index contributed by atoms with van der Waals surface area (Å²) in [6, 6.07) is 11.9. The van der Waals surface area contributed by atoms with Gasteiger partial charge in [0.15, 0.2) is 0 Å². The zero-order valence-corrected chi connectivity index (χ0v) is 19.7. The summed E-state index contributed by atoms with van der Waals surface area (Å²) < 4.78 is 40.4. The van der Waals surface area contributed by atoms with E-state index in [0.29, 0.717) is 45.7 Å². The Hall–Kier alpha value is -3.39. The number of hydrogen-bond acceptors (Lipinski definition) is 6. The number of furan rings is 1. The molecule has 0 aliphatic carbocycles. The molecule has 7 nitrogen and oxygen atoms in total. The molecule has 4 rings (SSSR count). The number of aromatic nitrogens is 1. The summed E-state index contributed by atoms with van der Waals surface area (Å²) in [5.41, 5.74) is 2.22. The van der Waals surface area contributed by atoms with Gasteiger partial charge in [-0.25, -0.2) is 13.2 Å². The van der Waals surface area contributed by atoms with Gasteiger partial charge in [-0.05, 0) is 50.1 Å². The number of benzene rings is 2. The van der Waals surface area contributed by atoms with Crippen LogP contribution in [0.4, 0.5) is 5.69 Å². The van der Waals surface area contributed by atoms with Crippen molar-refractivity contribution < 1.29 is 22.4 Å². The normalized spacial score (nSPS) is 11.7. The van der Waals surface area contributed by atoms with Gasteiger partial charge in [0, 0.05) is 17.0 Å². The summed E-state index contributed by atoms with van der Waals surface area (Å²) in [4.78, 5) is 17.1. The van der Waals surface area contributed by atoms with Crippen molar-refractivity contribution in [2.24, 2.45) is 0 Å². The van der Waals surface area contributed by atoms with E-state index in [4.69, 9.17) is 9.15 Å². The molecule has 0 aliphatic heterocycles. The quantitative estimate of drug-likeness (QED) is 0.262. The third-order valence-corrected chi connectivity index (χ3v) is 6.92. The summed E-state index contributed by atoms with van der Waals surface area (Å²) in [5, 5.41) is 1.23. The van der Waals surface area contributed by atoms with Crippen molar-refractivity contribution >= 4 is 43.6 Å². The molecule has 0 spiro atoms. The molecule has 4 aromatic rings. The Morgan fingerprint density at radius 3 is 2.70 bits per heavy atom. The van der Waals surface area contributed by atoms with Crippen molar-refractivity contribution in [3.63, 3.8) is 0 Å². The number of esters is 1. The van der Waals surface area contributed by atoms with Crippen molar-refractivity contribution in [2.45, 2.75) is 44.9 Å². The van der Waals surface area contributed by atoms with E-state index in [1.807, 2.05) is 12.1 Å². The largest absolute Gasteiger partial charge is 0.462 e. The van der Waals surface area contributed by atoms with E-state index in [1.54, 1.807) is 44.3 Å². The molecule has 8 heteroatoms. The average molecular weight is 467 g/mol. The van der Waals surface area contributed by atoms with Gasteiger partial charge in [-0.3, -0.25) is 9.71 Å². The zero-order valence-electron chi connectivity index (χ0n) is 18.8. The van der Waals surface area contributed by atoms with Gasteiger partial charge >= 0.3 is 5.97 Å². The van der Waals surface area contributed by atoms with Crippen LogP contribution in [0.15, 0.2) is 58.0 Å². The maximum absolute atomic E-state index is 13.3. The molecule has 0 saturated heterocycles. The number of nitrogens with one attached hydrogen (secondary N) is 1. The van der Waals surface area contributed by atoms with Crippen LogP contribution in [-0.2, 0) is 14.8 Å². The van der Waals surface area contributed by atoms with Crippen LogP contribution in [0.1, 0.15) is 47.9 Å². The fourth-order valence-electron chi connectivity index (χ4n) is 3.81. The molecule has 0 fully saturated rings. The van der Waals surface area contributed by atoms with Crippen LogP contribution < -0.4 is 4.72 Å². The first-order valence-corrected chi connectivity index (χ1v) is 12.4. The molecule has 172 valence electrons. The minimum atomic E-state index is -3.94. The summed E-state index contributed by atoms with van der Waals surface area (Å²) in [6.45, 7) is 5.88. The number of fused-ring (bicyclic) bond motifs is 2. The Balaban J connectivity index is 1.71. The Kier molecular flexibility index (Phi) is 6.37. The molecular formula is C25H26N2O5S. The predicted octanol–water partition coefficient (Wildman–Crippen LogP) is 5.75. The first-order valence-electron chi connectivity index (χ1n) is 10.9. The van der Waals surface area contributed by atoms with Gasteiger partial charge < -0.3 is 9.15 Å². The Bertz CT molecular complexity index is 1430. The number of unbranched alkanes of at least 4 members (excludes halogenated alkanes) is 2. The molecule has 1 N–H and O–H groups in total. The van der Waals surface area contributed by atoms with E-state index < -0.39 is 16.0 Å². The third-order valence-electron chi connectivity index (χ3n) is 5.53. The lowest BCUT2D eigenvalue weighted by Gasteiger charge is -2.12. The summed E-state index contributed by atoms with van der Waals surface area (Å²) in [7, 11) is -3.94. The standard InChI is InChI=1S/C25H26N2O5S/c1-4-5-6-13-31-25(28)23-17(3)32-21-14-16(2)20(15-19(21)23)27-33(29,30)22-11-7-9-18-10-8-12-26-24(18)22/h7-12,14-15,27H,4-6,13H2,1-3H3. The first-order chi connectivity index (χ1) is 15.8. The van der Waals surface area contributed by atoms with Crippen LogP contribution in [0.2, 0.25) is 0 Å². The molecule has 0 amide bonds. The number of rotatable bonds is 8. The highest BCUT2D eigenvalue weighted by Crippen LogP contribution is 2.33. The van der Waals surface area contributed by atoms with Crippen LogP contribution in [0.5, 0.6) is 0 Å². The number of nitrogens with zero attached hydrogens (tertiary/aromatic N) is 1. The molecule has 2 heterocycles. The van der Waals surface area contributed by atoms with Gasteiger partial charge in [0.2, 0.25) is 0 Å². The second-order valence-corrected chi connectivity index (χ2v) is 9.63. The second-order valence-electron chi connectivity index (χ2n) is 7.98. The van der Waals surface area contributed by atoms with Crippen LogP contribution >= 0.6 is 0 Å². The molecule has 0 bridgehead atoms. The summed E-state index contributed by atoms with van der Waals surface area (Å²) >= 11 is 0. The SMILES string of the molecule is CCCCCOC(=O)c1c(C)oc2cc(C)c(NS(=O)(=O)c3cccc4cccnc34)cc12. The lowest BCUT2D eigenvalue weighted by molar-refractivity contribution is 0.0498. The molecule has 2 aromatic carbocycles. The monoisotopic (exact) mass is 466 g/mol. The maximum Gasteiger partial charge on any atom is 0.342 e. The highest BCUT2D eigenvalue weighted by atomic mass is 32.2. The number of hydrogen-bond donors (Lipinski definition) is 1. The molecule has 0 radical (unpaired) electrons. The van der Waals surface area contributed by atoms with Gasteiger partial charge in [0.05, 0.1) is 17.8 Å². The second kappa shape index (κ2) is 9.23. The molecule has 0 saturated carbocycles. The van der Waals surface area contributed by atoms with E-state index in [9.17, 15) is 13.2 Å². The number of aryl methyl sites for hydroxylation is 2. The molecule has 0 aliphatic rings. The van der Waals surface area contributed by atoms with Gasteiger partial charge in [-0.2, -0.15) is 0 Å². The van der Waals surface area contributed by atoms with Crippen LogP contribution in [0, 0.1) is 13.8 Å². The molecule has 0 atom stereocenters. The first kappa shape index (κ1) is 22.8. The molecule has 0 unspecified atom stereocenters. The smallest absolute Gasteiger partial charge is 0.342 e. The summed E-state index contributed by atoms with van der Waals surface area (Å²) in [5.74, 6) is -0.0404. The van der Waals surface area contributed by atoms with E-state index >= 15 is 0 Å². The predicted molar refractivity (Wildman–Crippen MR) is 128 cm³/mol. The maximum atomic E-state index is 13.3. The number of sulfonamides is 1. The van der Waals surface area contributed by atoms with Crippen molar-refractivity contribution in [2.75, 3.05) is 11.3 Å². The Morgan fingerprint density at radius 2 is 1.91 bits per heavy atom. The minimum absolute atomic E-state index is 0.0824. The lowest BCUT2D eigenvalue weighted by atomic mass is 10.1. The zero-order chi connectivity index (χ0) is 23.6. The molecular weight excluding hydrogens is 440 g/mol. The number of para-hydroxylation sites is 1. The topological polar surface area (TPSA) is 98.5 Å². The van der Waals surface area contributed by atoms with E-state index in [-0.39, 0.29) is 4.90 Å². The number of anilines is 1. The lowest BCUT2D eigenvalue weighted by Crippen LogP contribution is -2.14. The molecule has 33 heavy (non-hydrogen) atoms. The van der Waals surface area contributed by atoms with Crippen LogP contribution in [0.3, 0.4) is 0 Å². The number of carbonyl (C=O) groups is 1.